The lowest BCUT2D eigenvalue weighted by Crippen LogP contribution is -2.02. The van der Waals surface area contributed by atoms with Gasteiger partial charge in [0.2, 0.25) is 0 Å². The zero-order chi connectivity index (χ0) is 12.8. The molecule has 6 heteroatoms. The second-order valence-corrected chi connectivity index (χ2v) is 3.41. The predicted molar refractivity (Wildman–Crippen MR) is 62.3 cm³/mol. The fourth-order valence-corrected chi connectivity index (χ4v) is 1.25. The van der Waals surface area contributed by atoms with E-state index in [-0.39, 0.29) is 5.56 Å². The smallest absolute Gasteiger partial charge is 0.342 e. The van der Waals surface area contributed by atoms with Gasteiger partial charge in [0.1, 0.15) is 5.56 Å². The first-order chi connectivity index (χ1) is 8.06. The second-order valence-electron chi connectivity index (χ2n) is 3.03. The minimum atomic E-state index is -1.35. The number of carbonyl (C=O) groups is 1. The van der Waals surface area contributed by atoms with E-state index in [1.165, 1.54) is 12.1 Å². The van der Waals surface area contributed by atoms with Crippen molar-refractivity contribution in [3.8, 4) is 11.8 Å². The van der Waals surface area contributed by atoms with Crippen LogP contribution < -0.4 is 0 Å². The van der Waals surface area contributed by atoms with Gasteiger partial charge in [0.25, 0.3) is 5.69 Å². The van der Waals surface area contributed by atoms with Gasteiger partial charge < -0.3 is 5.11 Å². The van der Waals surface area contributed by atoms with Crippen molar-refractivity contribution in [1.82, 2.24) is 0 Å². The lowest BCUT2D eigenvalue weighted by molar-refractivity contribution is -0.385. The molecule has 5 nitrogen and oxygen atoms in total. The third-order valence-corrected chi connectivity index (χ3v) is 2.06. The molecule has 0 spiro atoms. The van der Waals surface area contributed by atoms with E-state index in [1.807, 2.05) is 0 Å². The predicted octanol–water partition coefficient (Wildman–Crippen LogP) is 2.27. The fourth-order valence-electron chi connectivity index (χ4n) is 1.16. The van der Waals surface area contributed by atoms with Crippen LogP contribution in [0.3, 0.4) is 0 Å². The molecule has 0 radical (unpaired) electrons. The highest BCUT2D eigenvalue weighted by atomic mass is 35.5. The molecule has 0 fully saturated rings. The summed E-state index contributed by atoms with van der Waals surface area (Å²) in [5.41, 5.74) is -0.397. The van der Waals surface area contributed by atoms with Crippen molar-refractivity contribution >= 4 is 23.3 Å². The van der Waals surface area contributed by atoms with Crippen molar-refractivity contribution in [3.05, 3.63) is 39.4 Å². The van der Waals surface area contributed by atoms with E-state index >= 15 is 0 Å². The zero-order valence-corrected chi connectivity index (χ0v) is 9.40. The molecule has 0 heterocycles. The molecule has 0 bridgehead atoms. The molecule has 0 aliphatic rings. The molecule has 0 atom stereocenters. The average molecular weight is 254 g/mol. The molecule has 17 heavy (non-hydrogen) atoms. The second kappa shape index (κ2) is 5.87. The molecular weight excluding hydrogens is 246 g/mol. The summed E-state index contributed by atoms with van der Waals surface area (Å²) >= 11 is 5.43. The molecule has 1 aromatic carbocycles. The molecule has 0 saturated heterocycles. The van der Waals surface area contributed by atoms with Crippen molar-refractivity contribution in [1.29, 1.82) is 0 Å². The number of nitro benzene ring substituents is 1. The van der Waals surface area contributed by atoms with Gasteiger partial charge in [-0.1, -0.05) is 11.8 Å². The fraction of sp³-hybridized carbons (Fsp3) is 0.182. The quantitative estimate of drug-likeness (QED) is 0.388. The third-order valence-electron chi connectivity index (χ3n) is 1.88. The van der Waals surface area contributed by atoms with Crippen LogP contribution in [0.25, 0.3) is 0 Å². The normalized spacial score (nSPS) is 9.24. The van der Waals surface area contributed by atoms with Crippen LogP contribution in [-0.2, 0) is 0 Å². The van der Waals surface area contributed by atoms with Crippen LogP contribution in [0.2, 0.25) is 0 Å². The SMILES string of the molecule is O=C(O)c1cc(C#CCCCl)ccc1[N+](=O)[O-]. The van der Waals surface area contributed by atoms with Gasteiger partial charge in [-0.25, -0.2) is 4.79 Å². The van der Waals surface area contributed by atoms with Crippen molar-refractivity contribution < 1.29 is 14.8 Å². The van der Waals surface area contributed by atoms with Crippen LogP contribution in [0.4, 0.5) is 5.69 Å². The maximum Gasteiger partial charge on any atom is 0.342 e. The summed E-state index contributed by atoms with van der Waals surface area (Å²) in [6, 6.07) is 3.72. The van der Waals surface area contributed by atoms with Crippen LogP contribution in [0.15, 0.2) is 18.2 Å². The van der Waals surface area contributed by atoms with Gasteiger partial charge in [-0.15, -0.1) is 11.6 Å². The Morgan fingerprint density at radius 2 is 2.24 bits per heavy atom. The highest BCUT2D eigenvalue weighted by Gasteiger charge is 2.19. The molecular formula is C11H8ClNO4. The first-order valence-electron chi connectivity index (χ1n) is 4.63. The summed E-state index contributed by atoms with van der Waals surface area (Å²) in [5, 5.41) is 19.4. The third kappa shape index (κ3) is 3.47. The number of carboxylic acids is 1. The minimum Gasteiger partial charge on any atom is -0.477 e. The van der Waals surface area contributed by atoms with E-state index in [4.69, 9.17) is 16.7 Å². The van der Waals surface area contributed by atoms with Crippen molar-refractivity contribution in [2.45, 2.75) is 6.42 Å². The van der Waals surface area contributed by atoms with Gasteiger partial charge in [-0.05, 0) is 12.1 Å². The topological polar surface area (TPSA) is 80.4 Å². The number of hydrogen-bond donors (Lipinski definition) is 1. The van der Waals surface area contributed by atoms with E-state index < -0.39 is 16.6 Å². The van der Waals surface area contributed by atoms with Gasteiger partial charge in [-0.3, -0.25) is 10.1 Å². The van der Waals surface area contributed by atoms with Gasteiger partial charge in [-0.2, -0.15) is 0 Å². The number of nitrogens with zero attached hydrogens (tertiary/aromatic N) is 1. The Bertz CT molecular complexity index is 516. The molecule has 1 aromatic rings. The van der Waals surface area contributed by atoms with E-state index in [9.17, 15) is 14.9 Å². The van der Waals surface area contributed by atoms with Gasteiger partial charge >= 0.3 is 5.97 Å². The monoisotopic (exact) mass is 253 g/mol. The summed E-state index contributed by atoms with van der Waals surface area (Å²) < 4.78 is 0. The Kier molecular flexibility index (Phi) is 4.49. The average Bonchev–Trinajstić information content (AvgIpc) is 2.29. The molecule has 0 aliphatic carbocycles. The Morgan fingerprint density at radius 1 is 1.53 bits per heavy atom. The number of hydrogen-bond acceptors (Lipinski definition) is 3. The summed E-state index contributed by atoms with van der Waals surface area (Å²) in [6.07, 6.45) is 0.473. The summed E-state index contributed by atoms with van der Waals surface area (Å²) in [5.74, 6) is 4.44. The zero-order valence-electron chi connectivity index (χ0n) is 8.64. The molecule has 0 unspecified atom stereocenters. The number of carboxylic acid groups (broad SMARTS) is 1. The molecule has 0 aliphatic heterocycles. The number of halogens is 1. The minimum absolute atomic E-state index is 0.368. The van der Waals surface area contributed by atoms with E-state index in [1.54, 1.807) is 0 Å². The standard InChI is InChI=1S/C11H8ClNO4/c12-6-2-1-3-8-4-5-10(13(16)17)9(7-8)11(14)15/h4-5,7H,2,6H2,(H,14,15). The number of aromatic carboxylic acids is 1. The van der Waals surface area contributed by atoms with Crippen molar-refractivity contribution in [3.63, 3.8) is 0 Å². The van der Waals surface area contributed by atoms with Gasteiger partial charge in [0, 0.05) is 23.9 Å². The van der Waals surface area contributed by atoms with Crippen molar-refractivity contribution in [2.24, 2.45) is 0 Å². The summed E-state index contributed by atoms with van der Waals surface area (Å²) in [7, 11) is 0. The molecule has 0 amide bonds. The lowest BCUT2D eigenvalue weighted by Gasteiger charge is -1.98. The number of benzene rings is 1. The first kappa shape index (κ1) is 13.0. The maximum absolute atomic E-state index is 10.8. The molecule has 0 saturated carbocycles. The van der Waals surface area contributed by atoms with Crippen LogP contribution in [0.5, 0.6) is 0 Å². The van der Waals surface area contributed by atoms with Crippen LogP contribution in [-0.4, -0.2) is 21.9 Å². The summed E-state index contributed by atoms with van der Waals surface area (Å²) in [4.78, 5) is 20.7. The number of alkyl halides is 1. The lowest BCUT2D eigenvalue weighted by atomic mass is 10.1. The number of rotatable bonds is 3. The molecule has 0 aromatic heterocycles. The Hall–Kier alpha value is -2.06. The molecule has 1 N–H and O–H groups in total. The van der Waals surface area contributed by atoms with Crippen LogP contribution >= 0.6 is 11.6 Å². The highest BCUT2D eigenvalue weighted by molar-refractivity contribution is 6.18. The van der Waals surface area contributed by atoms with E-state index in [0.29, 0.717) is 17.9 Å². The van der Waals surface area contributed by atoms with Crippen molar-refractivity contribution in [2.75, 3.05) is 5.88 Å². The Morgan fingerprint density at radius 3 is 2.76 bits per heavy atom. The Balaban J connectivity index is 3.16. The largest absolute Gasteiger partial charge is 0.477 e. The Labute approximate surface area is 102 Å². The van der Waals surface area contributed by atoms with Gasteiger partial charge in [0.05, 0.1) is 4.92 Å². The van der Waals surface area contributed by atoms with Crippen LogP contribution in [0.1, 0.15) is 22.3 Å². The van der Waals surface area contributed by atoms with E-state index in [2.05, 4.69) is 11.8 Å². The molecule has 88 valence electrons. The first-order valence-corrected chi connectivity index (χ1v) is 5.16. The maximum atomic E-state index is 10.8. The van der Waals surface area contributed by atoms with Crippen LogP contribution in [0, 0.1) is 22.0 Å². The highest BCUT2D eigenvalue weighted by Crippen LogP contribution is 2.19. The summed E-state index contributed by atoms with van der Waals surface area (Å²) in [6.45, 7) is 0. The molecule has 1 rings (SSSR count). The van der Waals surface area contributed by atoms with E-state index in [0.717, 1.165) is 6.07 Å². The number of nitro groups is 1. The van der Waals surface area contributed by atoms with Gasteiger partial charge in [0.15, 0.2) is 0 Å².